The first kappa shape index (κ1) is 16.0. The summed E-state index contributed by atoms with van der Waals surface area (Å²) in [5.41, 5.74) is 1.21. The predicted molar refractivity (Wildman–Crippen MR) is 101 cm³/mol. The van der Waals surface area contributed by atoms with Crippen molar-refractivity contribution in [3.8, 4) is 28.6 Å². The Morgan fingerprint density at radius 2 is 1.46 bits per heavy atom. The fourth-order valence-electron chi connectivity index (χ4n) is 2.72. The molecular formula is C22H16O4. The van der Waals surface area contributed by atoms with Gasteiger partial charge in [0.1, 0.15) is 28.6 Å². The van der Waals surface area contributed by atoms with Crippen LogP contribution in [-0.4, -0.2) is 7.11 Å². The zero-order chi connectivity index (χ0) is 17.9. The van der Waals surface area contributed by atoms with E-state index < -0.39 is 0 Å². The lowest BCUT2D eigenvalue weighted by Gasteiger charge is -2.07. The van der Waals surface area contributed by atoms with Crippen molar-refractivity contribution < 1.29 is 13.9 Å². The molecule has 0 bridgehead atoms. The Morgan fingerprint density at radius 1 is 0.769 bits per heavy atom. The molecule has 0 amide bonds. The van der Waals surface area contributed by atoms with Crippen molar-refractivity contribution in [2.75, 3.05) is 7.11 Å². The number of hydrogen-bond acceptors (Lipinski definition) is 4. The molecule has 0 atom stereocenters. The maximum Gasteiger partial charge on any atom is 0.193 e. The molecule has 26 heavy (non-hydrogen) atoms. The van der Waals surface area contributed by atoms with Gasteiger partial charge in [-0.2, -0.15) is 0 Å². The standard InChI is InChI=1S/C22H16O4/c1-24-18-11-12-19-20(23)14-21(26-22(19)13-18)15-7-9-17(10-8-15)25-16-5-3-2-4-6-16/h2-14H,1H3. The predicted octanol–water partition coefficient (Wildman–Crippen LogP) is 5.26. The van der Waals surface area contributed by atoms with Gasteiger partial charge in [-0.25, -0.2) is 0 Å². The van der Waals surface area contributed by atoms with Gasteiger partial charge in [-0.15, -0.1) is 0 Å². The summed E-state index contributed by atoms with van der Waals surface area (Å²) in [6.07, 6.45) is 0. The Bertz CT molecular complexity index is 1100. The Hall–Kier alpha value is -3.53. The summed E-state index contributed by atoms with van der Waals surface area (Å²) in [5.74, 6) is 2.63. The van der Waals surface area contributed by atoms with E-state index in [1.54, 1.807) is 25.3 Å². The number of rotatable bonds is 4. The molecule has 3 aromatic carbocycles. The molecule has 1 heterocycles. The summed E-state index contributed by atoms with van der Waals surface area (Å²) in [5, 5.41) is 0.526. The van der Waals surface area contributed by atoms with Crippen molar-refractivity contribution >= 4 is 11.0 Å². The van der Waals surface area contributed by atoms with E-state index in [4.69, 9.17) is 13.9 Å². The van der Waals surface area contributed by atoms with Crippen molar-refractivity contribution in [3.05, 3.63) is 89.1 Å². The summed E-state index contributed by atoms with van der Waals surface area (Å²) >= 11 is 0. The summed E-state index contributed by atoms with van der Waals surface area (Å²) in [4.78, 5) is 12.4. The van der Waals surface area contributed by atoms with Crippen molar-refractivity contribution in [1.82, 2.24) is 0 Å². The van der Waals surface area contributed by atoms with Crippen LogP contribution >= 0.6 is 0 Å². The first-order chi connectivity index (χ1) is 12.7. The average Bonchev–Trinajstić information content (AvgIpc) is 2.69. The van der Waals surface area contributed by atoms with Gasteiger partial charge in [-0.05, 0) is 48.5 Å². The minimum absolute atomic E-state index is 0.0893. The third-order valence-corrected chi connectivity index (χ3v) is 4.05. The van der Waals surface area contributed by atoms with Crippen LogP contribution in [0.5, 0.6) is 17.2 Å². The van der Waals surface area contributed by atoms with Gasteiger partial charge < -0.3 is 13.9 Å². The SMILES string of the molecule is COc1ccc2c(=O)cc(-c3ccc(Oc4ccccc4)cc3)oc2c1. The van der Waals surface area contributed by atoms with E-state index in [1.165, 1.54) is 6.07 Å². The number of methoxy groups -OCH3 is 1. The largest absolute Gasteiger partial charge is 0.497 e. The zero-order valence-corrected chi connectivity index (χ0v) is 14.1. The van der Waals surface area contributed by atoms with Gasteiger partial charge in [0.05, 0.1) is 12.5 Å². The third-order valence-electron chi connectivity index (χ3n) is 4.05. The molecule has 0 saturated heterocycles. The molecule has 1 aromatic heterocycles. The molecule has 0 N–H and O–H groups in total. The highest BCUT2D eigenvalue weighted by atomic mass is 16.5. The number of ether oxygens (including phenoxy) is 2. The molecule has 0 aliphatic rings. The molecule has 4 nitrogen and oxygen atoms in total. The lowest BCUT2D eigenvalue weighted by Crippen LogP contribution is -2.00. The highest BCUT2D eigenvalue weighted by molar-refractivity contribution is 5.80. The van der Waals surface area contributed by atoms with Crippen LogP contribution in [0.15, 0.2) is 88.1 Å². The van der Waals surface area contributed by atoms with Crippen LogP contribution in [0.3, 0.4) is 0 Å². The Balaban J connectivity index is 1.67. The zero-order valence-electron chi connectivity index (χ0n) is 14.1. The molecule has 0 spiro atoms. The summed E-state index contributed by atoms with van der Waals surface area (Å²) < 4.78 is 16.9. The maximum absolute atomic E-state index is 12.4. The summed E-state index contributed by atoms with van der Waals surface area (Å²) in [6, 6.07) is 23.6. The van der Waals surface area contributed by atoms with Crippen LogP contribution in [0.1, 0.15) is 0 Å². The van der Waals surface area contributed by atoms with Crippen LogP contribution in [0.4, 0.5) is 0 Å². The number of hydrogen-bond donors (Lipinski definition) is 0. The summed E-state index contributed by atoms with van der Waals surface area (Å²) in [7, 11) is 1.58. The molecule has 0 radical (unpaired) electrons. The van der Waals surface area contributed by atoms with E-state index in [2.05, 4.69) is 0 Å². The van der Waals surface area contributed by atoms with Crippen molar-refractivity contribution in [2.45, 2.75) is 0 Å². The van der Waals surface area contributed by atoms with Crippen LogP contribution in [0.25, 0.3) is 22.3 Å². The molecule has 128 valence electrons. The van der Waals surface area contributed by atoms with E-state index in [0.717, 1.165) is 11.3 Å². The minimum Gasteiger partial charge on any atom is -0.497 e. The normalized spacial score (nSPS) is 10.7. The van der Waals surface area contributed by atoms with Gasteiger partial charge in [-0.3, -0.25) is 4.79 Å². The maximum atomic E-state index is 12.4. The second-order valence-corrected chi connectivity index (χ2v) is 5.78. The molecule has 4 rings (SSSR count). The molecule has 0 saturated carbocycles. The van der Waals surface area contributed by atoms with Gasteiger partial charge >= 0.3 is 0 Å². The lowest BCUT2D eigenvalue weighted by atomic mass is 10.1. The molecule has 4 aromatic rings. The quantitative estimate of drug-likeness (QED) is 0.506. The number of para-hydroxylation sites is 1. The molecular weight excluding hydrogens is 328 g/mol. The first-order valence-corrected chi connectivity index (χ1v) is 8.18. The van der Waals surface area contributed by atoms with E-state index in [-0.39, 0.29) is 5.43 Å². The van der Waals surface area contributed by atoms with Gasteiger partial charge in [0.2, 0.25) is 0 Å². The molecule has 4 heteroatoms. The lowest BCUT2D eigenvalue weighted by molar-refractivity contribution is 0.414. The topological polar surface area (TPSA) is 48.7 Å². The van der Waals surface area contributed by atoms with Gasteiger partial charge in [0.25, 0.3) is 0 Å². The Kier molecular flexibility index (Phi) is 4.15. The summed E-state index contributed by atoms with van der Waals surface area (Å²) in [6.45, 7) is 0. The van der Waals surface area contributed by atoms with Crippen LogP contribution in [0.2, 0.25) is 0 Å². The van der Waals surface area contributed by atoms with E-state index >= 15 is 0 Å². The number of benzene rings is 3. The monoisotopic (exact) mass is 344 g/mol. The highest BCUT2D eigenvalue weighted by Crippen LogP contribution is 2.28. The fraction of sp³-hybridized carbons (Fsp3) is 0.0455. The van der Waals surface area contributed by atoms with E-state index in [0.29, 0.717) is 28.2 Å². The van der Waals surface area contributed by atoms with Crippen molar-refractivity contribution in [2.24, 2.45) is 0 Å². The third kappa shape index (κ3) is 3.17. The Morgan fingerprint density at radius 3 is 2.19 bits per heavy atom. The van der Waals surface area contributed by atoms with Crippen molar-refractivity contribution in [1.29, 1.82) is 0 Å². The molecule has 0 fully saturated rings. The first-order valence-electron chi connectivity index (χ1n) is 8.18. The van der Waals surface area contributed by atoms with Crippen molar-refractivity contribution in [3.63, 3.8) is 0 Å². The average molecular weight is 344 g/mol. The molecule has 0 unspecified atom stereocenters. The Labute approximate surface area is 150 Å². The molecule has 0 aliphatic heterocycles. The second-order valence-electron chi connectivity index (χ2n) is 5.78. The van der Waals surface area contributed by atoms with Gasteiger partial charge in [0, 0.05) is 17.7 Å². The van der Waals surface area contributed by atoms with Crippen LogP contribution in [-0.2, 0) is 0 Å². The smallest absolute Gasteiger partial charge is 0.193 e. The fourth-order valence-corrected chi connectivity index (χ4v) is 2.72. The van der Waals surface area contributed by atoms with Crippen LogP contribution in [0, 0.1) is 0 Å². The van der Waals surface area contributed by atoms with E-state index in [1.807, 2.05) is 54.6 Å². The van der Waals surface area contributed by atoms with E-state index in [9.17, 15) is 4.79 Å². The van der Waals surface area contributed by atoms with Crippen LogP contribution < -0.4 is 14.9 Å². The van der Waals surface area contributed by atoms with Gasteiger partial charge in [0.15, 0.2) is 5.43 Å². The molecule has 0 aliphatic carbocycles. The second kappa shape index (κ2) is 6.76. The van der Waals surface area contributed by atoms with Gasteiger partial charge in [-0.1, -0.05) is 18.2 Å². The number of fused-ring (bicyclic) bond motifs is 1. The minimum atomic E-state index is -0.0893. The highest BCUT2D eigenvalue weighted by Gasteiger charge is 2.08.